The lowest BCUT2D eigenvalue weighted by Gasteiger charge is -1.99. The molecule has 0 fully saturated rings. The molecular formula is C20H13FN2O2. The monoisotopic (exact) mass is 332 g/mol. The molecule has 0 aliphatic carbocycles. The zero-order chi connectivity index (χ0) is 17.4. The molecule has 2 N–H and O–H groups in total. The Morgan fingerprint density at radius 1 is 1.04 bits per heavy atom. The van der Waals surface area contributed by atoms with Crippen LogP contribution in [0.5, 0.6) is 0 Å². The average molecular weight is 332 g/mol. The van der Waals surface area contributed by atoms with Crippen LogP contribution in [0.25, 0.3) is 33.8 Å². The molecule has 0 radical (unpaired) electrons. The van der Waals surface area contributed by atoms with Gasteiger partial charge in [-0.2, -0.15) is 5.10 Å². The standard InChI is InChI=1S/C20H13FN2O2/c21-17-11-19-16(10-15(17)20(24)25)18(22-23-19)8-6-12-5-7-13-3-1-2-4-14(13)9-12/h1-11H,(H,22,23)(H,24,25). The highest BCUT2D eigenvalue weighted by atomic mass is 19.1. The SMILES string of the molecule is O=C(O)c1cc2c(C=Cc3ccc4ccccc4c3)n[nH]c2cc1F. The molecule has 0 atom stereocenters. The molecule has 0 spiro atoms. The minimum absolute atomic E-state index is 0.366. The molecule has 0 unspecified atom stereocenters. The summed E-state index contributed by atoms with van der Waals surface area (Å²) in [4.78, 5) is 11.1. The lowest BCUT2D eigenvalue weighted by atomic mass is 10.1. The van der Waals surface area contributed by atoms with Gasteiger partial charge in [0.05, 0.1) is 16.8 Å². The molecule has 4 nitrogen and oxygen atoms in total. The predicted octanol–water partition coefficient (Wildman–Crippen LogP) is 4.72. The van der Waals surface area contributed by atoms with E-state index in [4.69, 9.17) is 5.11 Å². The van der Waals surface area contributed by atoms with Crippen LogP contribution in [0.1, 0.15) is 21.6 Å². The first kappa shape index (κ1) is 15.1. The lowest BCUT2D eigenvalue weighted by Crippen LogP contribution is -1.99. The minimum Gasteiger partial charge on any atom is -0.478 e. The summed E-state index contributed by atoms with van der Waals surface area (Å²) in [5.41, 5.74) is 1.65. The van der Waals surface area contributed by atoms with Crippen LogP contribution in [0.3, 0.4) is 0 Å². The Balaban J connectivity index is 1.75. The van der Waals surface area contributed by atoms with Gasteiger partial charge in [-0.25, -0.2) is 9.18 Å². The van der Waals surface area contributed by atoms with Gasteiger partial charge in [0.25, 0.3) is 0 Å². The van der Waals surface area contributed by atoms with Gasteiger partial charge in [-0.3, -0.25) is 5.10 Å². The summed E-state index contributed by atoms with van der Waals surface area (Å²) in [5.74, 6) is -2.08. The number of hydrogen-bond donors (Lipinski definition) is 2. The van der Waals surface area contributed by atoms with Crippen molar-refractivity contribution in [2.24, 2.45) is 0 Å². The fourth-order valence-corrected chi connectivity index (χ4v) is 2.84. The van der Waals surface area contributed by atoms with E-state index in [1.165, 1.54) is 6.07 Å². The number of rotatable bonds is 3. The van der Waals surface area contributed by atoms with E-state index in [1.807, 2.05) is 42.5 Å². The molecule has 4 rings (SSSR count). The van der Waals surface area contributed by atoms with Crippen molar-refractivity contribution in [3.8, 4) is 0 Å². The summed E-state index contributed by atoms with van der Waals surface area (Å²) in [6.45, 7) is 0. The highest BCUT2D eigenvalue weighted by Gasteiger charge is 2.14. The van der Waals surface area contributed by atoms with Crippen molar-refractivity contribution in [1.29, 1.82) is 0 Å². The number of halogens is 1. The summed E-state index contributed by atoms with van der Waals surface area (Å²) < 4.78 is 13.7. The van der Waals surface area contributed by atoms with Crippen molar-refractivity contribution in [3.63, 3.8) is 0 Å². The third kappa shape index (κ3) is 2.76. The first-order valence-corrected chi connectivity index (χ1v) is 7.69. The van der Waals surface area contributed by atoms with Crippen molar-refractivity contribution < 1.29 is 14.3 Å². The Bertz CT molecular complexity index is 1150. The number of carbonyl (C=O) groups is 1. The van der Waals surface area contributed by atoms with E-state index in [0.29, 0.717) is 16.6 Å². The largest absolute Gasteiger partial charge is 0.478 e. The van der Waals surface area contributed by atoms with E-state index in [9.17, 15) is 9.18 Å². The number of H-pyrrole nitrogens is 1. The van der Waals surface area contributed by atoms with E-state index in [1.54, 1.807) is 6.08 Å². The maximum Gasteiger partial charge on any atom is 0.338 e. The molecule has 25 heavy (non-hydrogen) atoms. The second-order valence-electron chi connectivity index (χ2n) is 5.73. The second kappa shape index (κ2) is 5.87. The second-order valence-corrected chi connectivity index (χ2v) is 5.73. The Morgan fingerprint density at radius 2 is 1.84 bits per heavy atom. The van der Waals surface area contributed by atoms with Gasteiger partial charge in [-0.15, -0.1) is 0 Å². The highest BCUT2D eigenvalue weighted by Crippen LogP contribution is 2.23. The van der Waals surface area contributed by atoms with Crippen LogP contribution in [0.4, 0.5) is 4.39 Å². The molecular weight excluding hydrogens is 319 g/mol. The quantitative estimate of drug-likeness (QED) is 0.570. The summed E-state index contributed by atoms with van der Waals surface area (Å²) in [5, 5.41) is 18.8. The van der Waals surface area contributed by atoms with Gasteiger partial charge < -0.3 is 5.11 Å². The van der Waals surface area contributed by atoms with E-state index in [2.05, 4.69) is 16.3 Å². The molecule has 1 heterocycles. The first-order valence-electron chi connectivity index (χ1n) is 7.69. The van der Waals surface area contributed by atoms with Crippen molar-refractivity contribution in [2.45, 2.75) is 0 Å². The summed E-state index contributed by atoms with van der Waals surface area (Å²) in [6.07, 6.45) is 3.68. The Hall–Kier alpha value is -3.47. The van der Waals surface area contributed by atoms with E-state index < -0.39 is 11.8 Å². The highest BCUT2D eigenvalue weighted by molar-refractivity contribution is 5.97. The lowest BCUT2D eigenvalue weighted by molar-refractivity contribution is 0.0692. The van der Waals surface area contributed by atoms with Gasteiger partial charge in [-0.1, -0.05) is 42.5 Å². The first-order chi connectivity index (χ1) is 12.1. The fraction of sp³-hybridized carbons (Fsp3) is 0. The van der Waals surface area contributed by atoms with Gasteiger partial charge in [-0.05, 0) is 34.5 Å². The number of carboxylic acids is 1. The number of aromatic carboxylic acids is 1. The van der Waals surface area contributed by atoms with Crippen molar-refractivity contribution in [2.75, 3.05) is 0 Å². The molecule has 5 heteroatoms. The van der Waals surface area contributed by atoms with Crippen molar-refractivity contribution in [3.05, 3.63) is 77.2 Å². The van der Waals surface area contributed by atoms with E-state index in [-0.39, 0.29) is 5.56 Å². The third-order valence-corrected chi connectivity index (χ3v) is 4.12. The predicted molar refractivity (Wildman–Crippen MR) is 95.9 cm³/mol. The van der Waals surface area contributed by atoms with Crippen LogP contribution in [0.15, 0.2) is 54.6 Å². The molecule has 0 aliphatic rings. The number of nitrogens with one attached hydrogen (secondary N) is 1. The van der Waals surface area contributed by atoms with Crippen LogP contribution >= 0.6 is 0 Å². The van der Waals surface area contributed by atoms with Crippen molar-refractivity contribution in [1.82, 2.24) is 10.2 Å². The number of benzene rings is 3. The number of aromatic nitrogens is 2. The van der Waals surface area contributed by atoms with Crippen molar-refractivity contribution >= 4 is 39.8 Å². The average Bonchev–Trinajstić information content (AvgIpc) is 3.00. The number of fused-ring (bicyclic) bond motifs is 2. The normalized spacial score (nSPS) is 11.6. The summed E-state index contributed by atoms with van der Waals surface area (Å²) in [6, 6.07) is 16.6. The summed E-state index contributed by atoms with van der Waals surface area (Å²) in [7, 11) is 0. The maximum absolute atomic E-state index is 13.7. The molecule has 122 valence electrons. The Kier molecular flexibility index (Phi) is 3.54. The Morgan fingerprint density at radius 3 is 2.64 bits per heavy atom. The number of aromatic amines is 1. The molecule has 3 aromatic carbocycles. The van der Waals surface area contributed by atoms with E-state index in [0.717, 1.165) is 22.4 Å². The molecule has 0 saturated heterocycles. The zero-order valence-electron chi connectivity index (χ0n) is 13.0. The van der Waals surface area contributed by atoms with Gasteiger partial charge >= 0.3 is 5.97 Å². The van der Waals surface area contributed by atoms with Crippen LogP contribution in [0, 0.1) is 5.82 Å². The topological polar surface area (TPSA) is 66.0 Å². The smallest absolute Gasteiger partial charge is 0.338 e. The van der Waals surface area contributed by atoms with Gasteiger partial charge in [0.1, 0.15) is 5.82 Å². The van der Waals surface area contributed by atoms with Crippen LogP contribution < -0.4 is 0 Å². The number of carboxylic acid groups (broad SMARTS) is 1. The van der Waals surface area contributed by atoms with Crippen LogP contribution in [-0.2, 0) is 0 Å². The Labute approximate surface area is 142 Å². The maximum atomic E-state index is 13.7. The minimum atomic E-state index is -1.30. The van der Waals surface area contributed by atoms with Crippen LogP contribution in [-0.4, -0.2) is 21.3 Å². The molecule has 4 aromatic rings. The van der Waals surface area contributed by atoms with E-state index >= 15 is 0 Å². The molecule has 1 aromatic heterocycles. The third-order valence-electron chi connectivity index (χ3n) is 4.12. The molecule has 0 aliphatic heterocycles. The summed E-state index contributed by atoms with van der Waals surface area (Å²) >= 11 is 0. The molecule has 0 bridgehead atoms. The van der Waals surface area contributed by atoms with Gasteiger partial charge in [0.2, 0.25) is 0 Å². The van der Waals surface area contributed by atoms with Gasteiger partial charge in [0, 0.05) is 11.5 Å². The number of nitrogens with zero attached hydrogens (tertiary/aromatic N) is 1. The fourth-order valence-electron chi connectivity index (χ4n) is 2.84. The zero-order valence-corrected chi connectivity index (χ0v) is 13.0. The molecule has 0 amide bonds. The number of hydrogen-bond acceptors (Lipinski definition) is 2. The van der Waals surface area contributed by atoms with Gasteiger partial charge in [0.15, 0.2) is 0 Å². The molecule has 0 saturated carbocycles. The van der Waals surface area contributed by atoms with Crippen LogP contribution in [0.2, 0.25) is 0 Å².